The van der Waals surface area contributed by atoms with Gasteiger partial charge in [0.05, 0.1) is 26.6 Å². The van der Waals surface area contributed by atoms with E-state index in [1.54, 1.807) is 32.7 Å². The minimum atomic E-state index is -0.460. The molecule has 0 saturated carbocycles. The molecule has 4 aliphatic rings. The van der Waals surface area contributed by atoms with Gasteiger partial charge in [-0.3, -0.25) is 0 Å². The molecule has 4 aliphatic heterocycles. The van der Waals surface area contributed by atoms with Crippen LogP contribution in [0.3, 0.4) is 0 Å². The largest absolute Gasteiger partial charge is 0.489 e. The van der Waals surface area contributed by atoms with Gasteiger partial charge in [-0.1, -0.05) is 0 Å². The first-order valence-electron chi connectivity index (χ1n) is 14.8. The number of carbonyl (C=O) groups excluding carboxylic acids is 1. The first kappa shape index (κ1) is 29.2. The fourth-order valence-electron chi connectivity index (χ4n) is 6.44. The van der Waals surface area contributed by atoms with E-state index < -0.39 is 5.60 Å². The zero-order valence-electron chi connectivity index (χ0n) is 24.9. The van der Waals surface area contributed by atoms with Crippen LogP contribution in [0.4, 0.5) is 4.79 Å². The predicted octanol–water partition coefficient (Wildman–Crippen LogP) is 5.15. The molecule has 1 N–H and O–H groups in total. The van der Waals surface area contributed by atoms with Gasteiger partial charge in [0.1, 0.15) is 29.3 Å². The Bertz CT molecular complexity index is 1110. The molecule has 6 heterocycles. The van der Waals surface area contributed by atoms with Gasteiger partial charge in [-0.15, -0.1) is 0 Å². The number of pyridine rings is 2. The van der Waals surface area contributed by atoms with Crippen LogP contribution in [0.15, 0.2) is 36.7 Å². The predicted molar refractivity (Wildman–Crippen MR) is 154 cm³/mol. The quantitative estimate of drug-likeness (QED) is 0.506. The normalized spacial score (nSPS) is 28.3. The first-order valence-corrected chi connectivity index (χ1v) is 14.8. The zero-order valence-corrected chi connectivity index (χ0v) is 24.9. The molecule has 0 spiro atoms. The maximum absolute atomic E-state index is 12.4. The molecule has 0 aromatic carbocycles. The fourth-order valence-corrected chi connectivity index (χ4v) is 6.44. The van der Waals surface area contributed by atoms with Crippen LogP contribution >= 0.6 is 0 Å². The summed E-state index contributed by atoms with van der Waals surface area (Å²) in [7, 11) is 3.21. The average molecular weight is 569 g/mol. The summed E-state index contributed by atoms with van der Waals surface area (Å²) in [5.41, 5.74) is -0.460. The lowest BCUT2D eigenvalue weighted by molar-refractivity contribution is -0.00713. The van der Waals surface area contributed by atoms with E-state index in [1.165, 1.54) is 12.8 Å². The molecule has 1 amide bonds. The Kier molecular flexibility index (Phi) is 9.06. The van der Waals surface area contributed by atoms with Crippen molar-refractivity contribution in [3.8, 4) is 23.3 Å². The molecular weight excluding hydrogens is 524 g/mol. The van der Waals surface area contributed by atoms with Crippen molar-refractivity contribution in [2.75, 3.05) is 14.2 Å². The Morgan fingerprint density at radius 1 is 0.780 bits per heavy atom. The van der Waals surface area contributed by atoms with Crippen LogP contribution in [0.2, 0.25) is 0 Å². The number of piperidine rings is 2. The van der Waals surface area contributed by atoms with Crippen molar-refractivity contribution in [3.05, 3.63) is 36.7 Å². The second kappa shape index (κ2) is 12.7. The van der Waals surface area contributed by atoms with Crippen molar-refractivity contribution in [2.45, 2.75) is 114 Å². The van der Waals surface area contributed by atoms with Crippen molar-refractivity contribution < 1.29 is 28.5 Å². The van der Waals surface area contributed by atoms with Gasteiger partial charge >= 0.3 is 6.09 Å². The lowest BCUT2D eigenvalue weighted by atomic mass is 10.00. The number of rotatable bonds is 6. The molecule has 6 atom stereocenters. The SMILES string of the molecule is COc1ccc(OC2C[C@H]3CC[C@@H](C2)N3)cn1.COc1ccc(OC2C[C@H]3CC[C@@H](C2)N3C(=O)OC(C)(C)C)cn1. The topological polar surface area (TPSA) is 104 Å². The van der Waals surface area contributed by atoms with Gasteiger partial charge in [0.2, 0.25) is 11.8 Å². The highest BCUT2D eigenvalue weighted by atomic mass is 16.6. The number of nitrogens with one attached hydrogen (secondary N) is 1. The van der Waals surface area contributed by atoms with Gasteiger partial charge in [-0.05, 0) is 71.4 Å². The van der Waals surface area contributed by atoms with Crippen LogP contribution in [-0.2, 0) is 4.74 Å². The molecule has 0 aliphatic carbocycles. The Hall–Kier alpha value is -3.27. The number of aromatic nitrogens is 2. The number of methoxy groups -OCH3 is 2. The monoisotopic (exact) mass is 568 g/mol. The van der Waals surface area contributed by atoms with E-state index in [9.17, 15) is 4.79 Å². The van der Waals surface area contributed by atoms with Crippen LogP contribution in [-0.4, -0.2) is 77.2 Å². The Morgan fingerprint density at radius 2 is 1.27 bits per heavy atom. The third kappa shape index (κ3) is 7.72. The van der Waals surface area contributed by atoms with E-state index in [4.69, 9.17) is 23.7 Å². The zero-order chi connectivity index (χ0) is 29.0. The van der Waals surface area contributed by atoms with Gasteiger partial charge in [0.25, 0.3) is 0 Å². The van der Waals surface area contributed by atoms with E-state index in [0.717, 1.165) is 50.0 Å². The highest BCUT2D eigenvalue weighted by molar-refractivity contribution is 5.69. The standard InChI is InChI=1S/C18H26N2O4.C13H18N2O2/c1-18(2,3)24-17(21)20-12-5-6-13(20)10-15(9-12)23-14-7-8-16(22-4)19-11-14;1-16-13-5-4-11(8-14-13)17-12-6-9-2-3-10(7-12)15-9/h7-8,11-13,15H,5-6,9-10H2,1-4H3;4-5,8-10,12,15H,2-3,6-7H2,1H3/t12-,13+,15?;9-,10+,12?. The highest BCUT2D eigenvalue weighted by Crippen LogP contribution is 2.38. The maximum Gasteiger partial charge on any atom is 0.410 e. The molecular formula is C31H44N4O6. The maximum atomic E-state index is 12.4. The summed E-state index contributed by atoms with van der Waals surface area (Å²) in [4.78, 5) is 22.7. The van der Waals surface area contributed by atoms with Crippen LogP contribution in [0.25, 0.3) is 0 Å². The summed E-state index contributed by atoms with van der Waals surface area (Å²) in [5.74, 6) is 2.79. The third-order valence-electron chi connectivity index (χ3n) is 8.17. The number of fused-ring (bicyclic) bond motifs is 4. The van der Waals surface area contributed by atoms with E-state index in [0.29, 0.717) is 29.9 Å². The van der Waals surface area contributed by atoms with Crippen molar-refractivity contribution in [1.29, 1.82) is 0 Å². The Labute approximate surface area is 243 Å². The van der Waals surface area contributed by atoms with Crippen LogP contribution in [0.5, 0.6) is 23.3 Å². The van der Waals surface area contributed by atoms with Gasteiger partial charge in [-0.25, -0.2) is 14.8 Å². The molecule has 4 saturated heterocycles. The molecule has 10 heteroatoms. The molecule has 2 aromatic heterocycles. The van der Waals surface area contributed by atoms with Crippen molar-refractivity contribution in [1.82, 2.24) is 20.2 Å². The first-order chi connectivity index (χ1) is 19.7. The molecule has 224 valence electrons. The molecule has 2 aromatic rings. The second-order valence-electron chi connectivity index (χ2n) is 12.4. The van der Waals surface area contributed by atoms with Crippen molar-refractivity contribution >= 4 is 6.09 Å². The van der Waals surface area contributed by atoms with Crippen LogP contribution < -0.4 is 24.3 Å². The van der Waals surface area contributed by atoms with Gasteiger partial charge in [-0.2, -0.15) is 0 Å². The molecule has 2 unspecified atom stereocenters. The van der Waals surface area contributed by atoms with Gasteiger partial charge in [0, 0.05) is 49.1 Å². The number of carbonyl (C=O) groups is 1. The molecule has 10 nitrogen and oxygen atoms in total. The number of hydrogen-bond donors (Lipinski definition) is 1. The molecule has 4 bridgehead atoms. The van der Waals surface area contributed by atoms with Gasteiger partial charge in [0.15, 0.2) is 0 Å². The number of hydrogen-bond acceptors (Lipinski definition) is 9. The second-order valence-corrected chi connectivity index (χ2v) is 12.4. The van der Waals surface area contributed by atoms with Crippen LogP contribution in [0, 0.1) is 0 Å². The lowest BCUT2D eigenvalue weighted by Gasteiger charge is -2.39. The average Bonchev–Trinajstić information content (AvgIpc) is 3.43. The lowest BCUT2D eigenvalue weighted by Crippen LogP contribution is -2.50. The minimum Gasteiger partial charge on any atom is -0.489 e. The summed E-state index contributed by atoms with van der Waals surface area (Å²) in [6, 6.07) is 9.15. The molecule has 41 heavy (non-hydrogen) atoms. The minimum absolute atomic E-state index is 0.108. The summed E-state index contributed by atoms with van der Waals surface area (Å²) < 4.78 is 27.7. The Balaban J connectivity index is 0.000000174. The highest BCUT2D eigenvalue weighted by Gasteiger charge is 2.45. The summed E-state index contributed by atoms with van der Waals surface area (Å²) >= 11 is 0. The molecule has 4 fully saturated rings. The van der Waals surface area contributed by atoms with E-state index >= 15 is 0 Å². The van der Waals surface area contributed by atoms with Crippen LogP contribution in [0.1, 0.15) is 72.1 Å². The summed E-state index contributed by atoms with van der Waals surface area (Å²) in [5, 5.41) is 3.61. The van der Waals surface area contributed by atoms with E-state index in [-0.39, 0.29) is 24.3 Å². The number of ether oxygens (including phenoxy) is 5. The molecule has 0 radical (unpaired) electrons. The summed E-state index contributed by atoms with van der Waals surface area (Å²) in [6.45, 7) is 5.71. The van der Waals surface area contributed by atoms with Crippen molar-refractivity contribution in [2.24, 2.45) is 0 Å². The van der Waals surface area contributed by atoms with Gasteiger partial charge < -0.3 is 33.9 Å². The van der Waals surface area contributed by atoms with Crippen molar-refractivity contribution in [3.63, 3.8) is 0 Å². The summed E-state index contributed by atoms with van der Waals surface area (Å²) in [6.07, 6.45) is 12.2. The Morgan fingerprint density at radius 3 is 1.68 bits per heavy atom. The van der Waals surface area contributed by atoms with E-state index in [2.05, 4.69) is 15.3 Å². The number of nitrogens with zero attached hydrogens (tertiary/aromatic N) is 3. The smallest absolute Gasteiger partial charge is 0.410 e. The number of amides is 1. The molecule has 6 rings (SSSR count). The van der Waals surface area contributed by atoms with E-state index in [1.807, 2.05) is 43.9 Å². The third-order valence-corrected chi connectivity index (χ3v) is 8.17. The fraction of sp³-hybridized carbons (Fsp3) is 0.645.